The first-order valence-corrected chi connectivity index (χ1v) is 8.49. The van der Waals surface area contributed by atoms with Crippen molar-refractivity contribution < 1.29 is 14.7 Å². The van der Waals surface area contributed by atoms with E-state index in [9.17, 15) is 14.7 Å². The predicted molar refractivity (Wildman–Crippen MR) is 85.6 cm³/mol. The average molecular weight is 317 g/mol. The third kappa shape index (κ3) is 5.39. The second-order valence-corrected chi connectivity index (χ2v) is 6.99. The minimum absolute atomic E-state index is 0.0298. The van der Waals surface area contributed by atoms with Crippen LogP contribution in [0.15, 0.2) is 0 Å². The second-order valence-electron chi connectivity index (χ2n) is 5.78. The van der Waals surface area contributed by atoms with Gasteiger partial charge in [0.25, 0.3) is 0 Å². The zero-order chi connectivity index (χ0) is 16.0. The van der Waals surface area contributed by atoms with E-state index < -0.39 is 12.0 Å². The third-order valence-corrected chi connectivity index (χ3v) is 4.88. The molecule has 0 spiro atoms. The number of thioether (sulfide) groups is 1. The number of amides is 2. The fourth-order valence-corrected chi connectivity index (χ4v) is 3.82. The number of aliphatic carboxylic acids is 1. The van der Waals surface area contributed by atoms with E-state index in [1.165, 1.54) is 4.90 Å². The normalized spacial score (nSPS) is 23.4. The predicted octanol–water partition coefficient (Wildman–Crippen LogP) is 1.66. The summed E-state index contributed by atoms with van der Waals surface area (Å²) in [6.07, 6.45) is 2.60. The maximum absolute atomic E-state index is 12.4. The number of nitrogens with one attached hydrogen (secondary N) is 1. The van der Waals surface area contributed by atoms with Crippen molar-refractivity contribution in [2.75, 3.05) is 26.4 Å². The lowest BCUT2D eigenvalue weighted by Crippen LogP contribution is -2.52. The number of hydrogen-bond acceptors (Lipinski definition) is 4. The largest absolute Gasteiger partial charge is 0.480 e. The van der Waals surface area contributed by atoms with Crippen LogP contribution in [0.3, 0.4) is 0 Å². The van der Waals surface area contributed by atoms with Crippen molar-refractivity contribution in [1.82, 2.24) is 15.1 Å². The van der Waals surface area contributed by atoms with Gasteiger partial charge in [0.05, 0.1) is 5.37 Å². The van der Waals surface area contributed by atoms with Gasteiger partial charge in [0.1, 0.15) is 6.04 Å². The first kappa shape index (κ1) is 18.1. The molecule has 21 heavy (non-hydrogen) atoms. The van der Waals surface area contributed by atoms with Crippen LogP contribution in [-0.2, 0) is 4.79 Å². The smallest absolute Gasteiger partial charge is 0.327 e. The van der Waals surface area contributed by atoms with Crippen LogP contribution in [0.25, 0.3) is 0 Å². The Morgan fingerprint density at radius 3 is 2.67 bits per heavy atom. The number of carboxylic acid groups (broad SMARTS) is 1. The van der Waals surface area contributed by atoms with E-state index in [0.29, 0.717) is 5.75 Å². The molecule has 0 aromatic rings. The Kier molecular flexibility index (Phi) is 7.31. The van der Waals surface area contributed by atoms with Gasteiger partial charge < -0.3 is 15.3 Å². The van der Waals surface area contributed by atoms with Crippen molar-refractivity contribution >= 4 is 23.8 Å². The molecule has 7 heteroatoms. The van der Waals surface area contributed by atoms with Crippen LogP contribution in [0.2, 0.25) is 0 Å². The Morgan fingerprint density at radius 2 is 2.14 bits per heavy atom. The summed E-state index contributed by atoms with van der Waals surface area (Å²) >= 11 is 1.56. The summed E-state index contributed by atoms with van der Waals surface area (Å²) in [6.45, 7) is 4.89. The van der Waals surface area contributed by atoms with E-state index in [-0.39, 0.29) is 17.4 Å². The van der Waals surface area contributed by atoms with Crippen LogP contribution in [0, 0.1) is 0 Å². The van der Waals surface area contributed by atoms with Crippen LogP contribution in [-0.4, -0.2) is 70.8 Å². The number of carbonyl (C=O) groups excluding carboxylic acids is 1. The Morgan fingerprint density at radius 1 is 1.48 bits per heavy atom. The molecule has 2 amide bonds. The summed E-state index contributed by atoms with van der Waals surface area (Å²) in [6, 6.07) is -0.938. The highest BCUT2D eigenvalue weighted by atomic mass is 32.2. The molecule has 1 aliphatic heterocycles. The quantitative estimate of drug-likeness (QED) is 0.747. The maximum Gasteiger partial charge on any atom is 0.327 e. The Balaban J connectivity index is 2.64. The van der Waals surface area contributed by atoms with Gasteiger partial charge in [-0.2, -0.15) is 0 Å². The molecule has 2 N–H and O–H groups in total. The first-order valence-electron chi connectivity index (χ1n) is 7.44. The van der Waals surface area contributed by atoms with Crippen LogP contribution in [0.5, 0.6) is 0 Å². The molecule has 0 saturated carbocycles. The summed E-state index contributed by atoms with van der Waals surface area (Å²) < 4.78 is 0. The van der Waals surface area contributed by atoms with Crippen molar-refractivity contribution in [3.8, 4) is 0 Å². The van der Waals surface area contributed by atoms with E-state index in [1.54, 1.807) is 11.8 Å². The molecular weight excluding hydrogens is 290 g/mol. The fourth-order valence-electron chi connectivity index (χ4n) is 2.30. The Hall–Kier alpha value is -0.950. The third-order valence-electron chi connectivity index (χ3n) is 3.53. The molecule has 1 saturated heterocycles. The molecular formula is C14H27N3O3S. The number of carboxylic acids is 1. The van der Waals surface area contributed by atoms with Crippen LogP contribution >= 0.6 is 11.8 Å². The topological polar surface area (TPSA) is 72.9 Å². The van der Waals surface area contributed by atoms with Gasteiger partial charge >= 0.3 is 12.0 Å². The highest BCUT2D eigenvalue weighted by Gasteiger charge is 2.41. The number of urea groups is 1. The van der Waals surface area contributed by atoms with Crippen LogP contribution in [0.4, 0.5) is 4.79 Å². The average Bonchev–Trinajstić information content (AvgIpc) is 2.80. The molecule has 0 aromatic heterocycles. The first-order chi connectivity index (χ1) is 9.86. The molecule has 122 valence electrons. The molecule has 0 bridgehead atoms. The minimum atomic E-state index is -0.919. The SMILES string of the molecule is CCCC1SCC(C(=O)O)N1C(=O)NC(C)CCN(C)C. The lowest BCUT2D eigenvalue weighted by molar-refractivity contribution is -0.141. The van der Waals surface area contributed by atoms with E-state index in [4.69, 9.17) is 0 Å². The summed E-state index contributed by atoms with van der Waals surface area (Å²) in [7, 11) is 3.98. The molecule has 0 aromatic carbocycles. The Labute approximate surface area is 131 Å². The molecule has 1 fully saturated rings. The van der Waals surface area contributed by atoms with Gasteiger partial charge in [0.15, 0.2) is 0 Å². The van der Waals surface area contributed by atoms with E-state index >= 15 is 0 Å². The van der Waals surface area contributed by atoms with Crippen molar-refractivity contribution in [3.05, 3.63) is 0 Å². The van der Waals surface area contributed by atoms with Crippen molar-refractivity contribution in [2.45, 2.75) is 50.6 Å². The second kappa shape index (κ2) is 8.48. The van der Waals surface area contributed by atoms with E-state index in [0.717, 1.165) is 25.8 Å². The van der Waals surface area contributed by atoms with Gasteiger partial charge in [-0.3, -0.25) is 4.90 Å². The number of nitrogens with zero attached hydrogens (tertiary/aromatic N) is 2. The van der Waals surface area contributed by atoms with Gasteiger partial charge in [-0.1, -0.05) is 13.3 Å². The van der Waals surface area contributed by atoms with Gasteiger partial charge in [-0.15, -0.1) is 11.8 Å². The zero-order valence-corrected chi connectivity index (χ0v) is 14.2. The molecule has 3 unspecified atom stereocenters. The lowest BCUT2D eigenvalue weighted by atomic mass is 10.2. The Bertz CT molecular complexity index is 365. The molecule has 6 nitrogen and oxygen atoms in total. The maximum atomic E-state index is 12.4. The highest BCUT2D eigenvalue weighted by molar-refractivity contribution is 8.00. The van der Waals surface area contributed by atoms with Gasteiger partial charge in [0, 0.05) is 11.8 Å². The summed E-state index contributed by atoms with van der Waals surface area (Å²) in [5, 5.41) is 12.2. The number of carbonyl (C=O) groups is 2. The fraction of sp³-hybridized carbons (Fsp3) is 0.857. The molecule has 1 heterocycles. The molecule has 0 aliphatic carbocycles. The molecule has 1 aliphatic rings. The zero-order valence-electron chi connectivity index (χ0n) is 13.3. The van der Waals surface area contributed by atoms with Crippen molar-refractivity contribution in [3.63, 3.8) is 0 Å². The summed E-state index contributed by atoms with van der Waals surface area (Å²) in [5.41, 5.74) is 0. The monoisotopic (exact) mass is 317 g/mol. The molecule has 3 atom stereocenters. The van der Waals surface area contributed by atoms with E-state index in [1.807, 2.05) is 27.9 Å². The van der Waals surface area contributed by atoms with Crippen molar-refractivity contribution in [2.24, 2.45) is 0 Å². The number of rotatable bonds is 7. The van der Waals surface area contributed by atoms with E-state index in [2.05, 4.69) is 10.2 Å². The lowest BCUT2D eigenvalue weighted by Gasteiger charge is -2.29. The number of hydrogen-bond donors (Lipinski definition) is 2. The van der Waals surface area contributed by atoms with Gasteiger partial charge in [-0.25, -0.2) is 9.59 Å². The van der Waals surface area contributed by atoms with Crippen LogP contribution in [0.1, 0.15) is 33.1 Å². The standard InChI is InChI=1S/C14H27N3O3S/c1-5-6-12-17(11(9-21-12)13(18)19)14(20)15-10(2)7-8-16(3)4/h10-12H,5-9H2,1-4H3,(H,15,20)(H,18,19). The van der Waals surface area contributed by atoms with Crippen molar-refractivity contribution in [1.29, 1.82) is 0 Å². The molecule has 0 radical (unpaired) electrons. The minimum Gasteiger partial charge on any atom is -0.480 e. The highest BCUT2D eigenvalue weighted by Crippen LogP contribution is 2.32. The van der Waals surface area contributed by atoms with Gasteiger partial charge in [0.2, 0.25) is 0 Å². The van der Waals surface area contributed by atoms with Gasteiger partial charge in [-0.05, 0) is 40.4 Å². The summed E-state index contributed by atoms with van der Waals surface area (Å²) in [5.74, 6) is -0.448. The summed E-state index contributed by atoms with van der Waals surface area (Å²) in [4.78, 5) is 27.3. The van der Waals surface area contributed by atoms with Crippen LogP contribution < -0.4 is 5.32 Å². The molecule has 1 rings (SSSR count).